The third-order valence-electron chi connectivity index (χ3n) is 12.4. The summed E-state index contributed by atoms with van der Waals surface area (Å²) in [7, 11) is 0. The fraction of sp³-hybridized carbons (Fsp3) is 0.0492. The minimum atomic E-state index is 0.874. The van der Waals surface area contributed by atoms with Crippen LogP contribution in [0.4, 0.5) is 0 Å². The highest BCUT2D eigenvalue weighted by Gasteiger charge is 2.20. The molecule has 308 valence electrons. The van der Waals surface area contributed by atoms with E-state index in [9.17, 15) is 0 Å². The van der Waals surface area contributed by atoms with Gasteiger partial charge in [-0.2, -0.15) is 0 Å². The standard InChI is InChI=1S/C61H44N4/c1-4-18-45-35-52(40-20-10-6-11-21-40)48-30-32-50-54(42-24-14-8-15-25-42)37-56(64-60(50)58(48)62-45)44-28-29-47(39(3)34-44)57-38-55(43-26-16-9-17-27-43)51-33-31-49-53(41-22-12-7-13-23-41)36-46(19-5-2)63-59(49)61(51)65-57/h4-38H,1-3H3/b18-4+,19-5+. The molecule has 0 bridgehead atoms. The van der Waals surface area contributed by atoms with Crippen LogP contribution in [-0.2, 0) is 0 Å². The summed E-state index contributed by atoms with van der Waals surface area (Å²) in [6, 6.07) is 66.7. The Hall–Kier alpha value is -8.34. The summed E-state index contributed by atoms with van der Waals surface area (Å²) in [5, 5.41) is 4.26. The molecular formula is C61H44N4. The van der Waals surface area contributed by atoms with Crippen molar-refractivity contribution in [1.82, 2.24) is 19.9 Å². The number of nitrogens with zero attached hydrogens (tertiary/aromatic N) is 4. The molecule has 0 fully saturated rings. The smallest absolute Gasteiger partial charge is 0.0978 e. The fourth-order valence-corrected chi connectivity index (χ4v) is 9.32. The van der Waals surface area contributed by atoms with Gasteiger partial charge in [-0.25, -0.2) is 19.9 Å². The first-order valence-electron chi connectivity index (χ1n) is 22.2. The zero-order valence-corrected chi connectivity index (χ0v) is 36.5. The molecule has 0 N–H and O–H groups in total. The summed E-state index contributed by atoms with van der Waals surface area (Å²) >= 11 is 0. The summed E-state index contributed by atoms with van der Waals surface area (Å²) in [6.45, 7) is 6.24. The summed E-state index contributed by atoms with van der Waals surface area (Å²) < 4.78 is 0. The molecular weight excluding hydrogens is 789 g/mol. The van der Waals surface area contributed by atoms with E-state index in [0.29, 0.717) is 0 Å². The van der Waals surface area contributed by atoms with Gasteiger partial charge in [0.2, 0.25) is 0 Å². The van der Waals surface area contributed by atoms with E-state index in [1.807, 2.05) is 26.0 Å². The van der Waals surface area contributed by atoms with Crippen LogP contribution in [-0.4, -0.2) is 19.9 Å². The number of benzene rings is 7. The molecule has 11 aromatic rings. The number of aryl methyl sites for hydroxylation is 1. The Morgan fingerprint density at radius 1 is 0.308 bits per heavy atom. The molecule has 11 rings (SSSR count). The minimum Gasteiger partial charge on any atom is -0.246 e. The van der Waals surface area contributed by atoms with Crippen LogP contribution in [0.5, 0.6) is 0 Å². The van der Waals surface area contributed by atoms with Gasteiger partial charge in [0.25, 0.3) is 0 Å². The normalized spacial score (nSPS) is 11.8. The quantitative estimate of drug-likeness (QED) is 0.143. The van der Waals surface area contributed by atoms with Crippen molar-refractivity contribution in [3.8, 4) is 67.0 Å². The average Bonchev–Trinajstić information content (AvgIpc) is 3.36. The van der Waals surface area contributed by atoms with Crippen LogP contribution >= 0.6 is 0 Å². The number of hydrogen-bond acceptors (Lipinski definition) is 4. The highest BCUT2D eigenvalue weighted by atomic mass is 14.8. The maximum absolute atomic E-state index is 5.53. The van der Waals surface area contributed by atoms with Crippen molar-refractivity contribution in [3.63, 3.8) is 0 Å². The van der Waals surface area contributed by atoms with Crippen molar-refractivity contribution in [2.24, 2.45) is 0 Å². The van der Waals surface area contributed by atoms with Gasteiger partial charge in [0.15, 0.2) is 0 Å². The summed E-state index contributed by atoms with van der Waals surface area (Å²) in [6.07, 6.45) is 8.23. The molecule has 0 aliphatic carbocycles. The number of aromatic nitrogens is 4. The van der Waals surface area contributed by atoms with E-state index in [2.05, 4.69) is 207 Å². The zero-order valence-electron chi connectivity index (χ0n) is 36.5. The Labute approximate surface area is 379 Å². The zero-order chi connectivity index (χ0) is 43.9. The molecule has 7 aromatic carbocycles. The molecule has 0 aliphatic rings. The lowest BCUT2D eigenvalue weighted by Crippen LogP contribution is -1.97. The van der Waals surface area contributed by atoms with Crippen molar-refractivity contribution in [3.05, 3.63) is 217 Å². The van der Waals surface area contributed by atoms with Gasteiger partial charge in [0.1, 0.15) is 0 Å². The van der Waals surface area contributed by atoms with Crippen molar-refractivity contribution in [2.45, 2.75) is 20.8 Å². The molecule has 4 heteroatoms. The fourth-order valence-electron chi connectivity index (χ4n) is 9.32. The Morgan fingerprint density at radius 2 is 0.662 bits per heavy atom. The van der Waals surface area contributed by atoms with Crippen molar-refractivity contribution < 1.29 is 0 Å². The first-order chi connectivity index (χ1) is 32.0. The SMILES string of the molecule is C/C=C/c1cc(-c2ccccc2)c2ccc3c(-c4ccccc4)cc(-c4ccc(-c5cc(-c6ccccc6)c6ccc7c(-c8ccccc8)cc(/C=C/C)nc7c6n5)c(C)c4)nc3c2n1. The van der Waals surface area contributed by atoms with Crippen molar-refractivity contribution in [1.29, 1.82) is 0 Å². The van der Waals surface area contributed by atoms with E-state index < -0.39 is 0 Å². The number of allylic oxidation sites excluding steroid dienone is 2. The van der Waals surface area contributed by atoms with Gasteiger partial charge >= 0.3 is 0 Å². The maximum Gasteiger partial charge on any atom is 0.0978 e. The van der Waals surface area contributed by atoms with Crippen molar-refractivity contribution in [2.75, 3.05) is 0 Å². The van der Waals surface area contributed by atoms with Gasteiger partial charge in [0.05, 0.1) is 44.8 Å². The molecule has 0 unspecified atom stereocenters. The Balaban J connectivity index is 1.13. The van der Waals surface area contributed by atoms with Crippen LogP contribution in [0.3, 0.4) is 0 Å². The second-order valence-corrected chi connectivity index (χ2v) is 16.5. The van der Waals surface area contributed by atoms with Gasteiger partial charge in [-0.05, 0) is 113 Å². The highest BCUT2D eigenvalue weighted by Crippen LogP contribution is 2.41. The predicted molar refractivity (Wildman–Crippen MR) is 274 cm³/mol. The molecule has 0 saturated heterocycles. The summed E-state index contributed by atoms with van der Waals surface area (Å²) in [4.78, 5) is 21.6. The maximum atomic E-state index is 5.53. The average molecular weight is 833 g/mol. The number of hydrogen-bond donors (Lipinski definition) is 0. The third kappa shape index (κ3) is 7.25. The number of pyridine rings is 4. The lowest BCUT2D eigenvalue weighted by Gasteiger charge is -2.16. The van der Waals surface area contributed by atoms with E-state index in [0.717, 1.165) is 128 Å². The largest absolute Gasteiger partial charge is 0.246 e. The number of rotatable bonds is 8. The molecule has 65 heavy (non-hydrogen) atoms. The molecule has 0 radical (unpaired) electrons. The van der Waals surface area contributed by atoms with Gasteiger partial charge in [-0.1, -0.05) is 170 Å². The first-order valence-corrected chi connectivity index (χ1v) is 22.2. The summed E-state index contributed by atoms with van der Waals surface area (Å²) in [5.74, 6) is 0. The Kier molecular flexibility index (Phi) is 10.2. The van der Waals surface area contributed by atoms with Crippen LogP contribution < -0.4 is 0 Å². The molecule has 4 aromatic heterocycles. The second-order valence-electron chi connectivity index (χ2n) is 16.5. The van der Waals surface area contributed by atoms with Crippen LogP contribution in [0.25, 0.3) is 123 Å². The first kappa shape index (κ1) is 39.5. The van der Waals surface area contributed by atoms with Crippen LogP contribution in [0.15, 0.2) is 200 Å². The second kappa shape index (κ2) is 16.7. The lowest BCUT2D eigenvalue weighted by atomic mass is 9.92. The molecule has 0 spiro atoms. The highest BCUT2D eigenvalue weighted by molar-refractivity contribution is 6.14. The number of fused-ring (bicyclic) bond motifs is 6. The van der Waals surface area contributed by atoms with Gasteiger partial charge in [-0.15, -0.1) is 0 Å². The predicted octanol–water partition coefficient (Wildman–Crippen LogP) is 16.3. The molecule has 0 aliphatic heterocycles. The minimum absolute atomic E-state index is 0.874. The topological polar surface area (TPSA) is 51.6 Å². The van der Waals surface area contributed by atoms with E-state index in [4.69, 9.17) is 19.9 Å². The lowest BCUT2D eigenvalue weighted by molar-refractivity contribution is 1.32. The van der Waals surface area contributed by atoms with Gasteiger partial charge < -0.3 is 0 Å². The van der Waals surface area contributed by atoms with Gasteiger partial charge in [0, 0.05) is 32.7 Å². The van der Waals surface area contributed by atoms with Crippen molar-refractivity contribution >= 4 is 55.8 Å². The van der Waals surface area contributed by atoms with E-state index in [1.54, 1.807) is 0 Å². The summed E-state index contributed by atoms with van der Waals surface area (Å²) in [5.41, 5.74) is 19.3. The molecule has 0 amide bonds. The van der Waals surface area contributed by atoms with Crippen LogP contribution in [0.1, 0.15) is 30.8 Å². The van der Waals surface area contributed by atoms with Crippen LogP contribution in [0, 0.1) is 6.92 Å². The van der Waals surface area contributed by atoms with Gasteiger partial charge in [-0.3, -0.25) is 0 Å². The monoisotopic (exact) mass is 832 g/mol. The third-order valence-corrected chi connectivity index (χ3v) is 12.4. The molecule has 4 heterocycles. The molecule has 0 atom stereocenters. The van der Waals surface area contributed by atoms with E-state index >= 15 is 0 Å². The van der Waals surface area contributed by atoms with E-state index in [-0.39, 0.29) is 0 Å². The van der Waals surface area contributed by atoms with Crippen LogP contribution in [0.2, 0.25) is 0 Å². The Bertz CT molecular complexity index is 3650. The van der Waals surface area contributed by atoms with E-state index in [1.165, 1.54) is 0 Å². The molecule has 0 saturated carbocycles. The molecule has 4 nitrogen and oxygen atoms in total. The Morgan fingerprint density at radius 3 is 1.05 bits per heavy atom.